The van der Waals surface area contributed by atoms with Crippen LogP contribution >= 0.6 is 0 Å². The third kappa shape index (κ3) is 3.15. The number of rotatable bonds is 5. The van der Waals surface area contributed by atoms with Gasteiger partial charge in [-0.25, -0.2) is 0 Å². The number of carbonyl (C=O) groups is 1. The van der Waals surface area contributed by atoms with E-state index in [1.165, 1.54) is 11.1 Å². The van der Waals surface area contributed by atoms with Crippen molar-refractivity contribution >= 4 is 12.0 Å². The van der Waals surface area contributed by atoms with Crippen molar-refractivity contribution in [2.24, 2.45) is 23.2 Å². The lowest BCUT2D eigenvalue weighted by Crippen LogP contribution is -2.51. The van der Waals surface area contributed by atoms with Crippen LogP contribution in [0.3, 0.4) is 0 Å². The standard InChI is InChI=1S/C26H34O5/c1-3-16-13-21-17(14-22(16)27)7-8-20-19(21)9-10-25(2)24(20)18(5-4-6-23(28)29)15-26(25)30-11-12-31-26/h3,13-14,18-20,24,27H,1,4-12,15H2,2H3,(H,28,29)/t18-,19-,20+,24?,25-/m0/s1. The molecule has 1 saturated heterocycles. The van der Waals surface area contributed by atoms with E-state index in [0.29, 0.717) is 49.1 Å². The van der Waals surface area contributed by atoms with Crippen molar-refractivity contribution < 1.29 is 24.5 Å². The summed E-state index contributed by atoms with van der Waals surface area (Å²) in [6.07, 6.45) is 8.73. The Bertz CT molecular complexity index is 886. The number of aromatic hydroxyl groups is 1. The largest absolute Gasteiger partial charge is 0.507 e. The van der Waals surface area contributed by atoms with Gasteiger partial charge in [0.05, 0.1) is 13.2 Å². The molecule has 0 amide bonds. The van der Waals surface area contributed by atoms with E-state index in [1.807, 2.05) is 6.07 Å². The molecule has 5 atom stereocenters. The van der Waals surface area contributed by atoms with Gasteiger partial charge in [0.25, 0.3) is 0 Å². The van der Waals surface area contributed by atoms with Gasteiger partial charge in [-0.2, -0.15) is 0 Å². The van der Waals surface area contributed by atoms with Crippen LogP contribution in [-0.2, 0) is 20.7 Å². The number of phenolic OH excluding ortho intramolecular Hbond substituents is 1. The minimum absolute atomic E-state index is 0.0335. The average molecular weight is 427 g/mol. The van der Waals surface area contributed by atoms with E-state index in [-0.39, 0.29) is 11.8 Å². The topological polar surface area (TPSA) is 76.0 Å². The highest BCUT2D eigenvalue weighted by molar-refractivity contribution is 5.66. The number of benzene rings is 1. The van der Waals surface area contributed by atoms with Crippen LogP contribution in [-0.4, -0.2) is 35.2 Å². The number of phenols is 1. The van der Waals surface area contributed by atoms with Crippen LogP contribution < -0.4 is 0 Å². The van der Waals surface area contributed by atoms with Crippen molar-refractivity contribution in [3.8, 4) is 5.75 Å². The number of carboxylic acids is 1. The normalized spacial score (nSPS) is 35.4. The average Bonchev–Trinajstić information content (AvgIpc) is 3.31. The van der Waals surface area contributed by atoms with Gasteiger partial charge in [0, 0.05) is 23.8 Å². The van der Waals surface area contributed by atoms with Crippen LogP contribution in [0.5, 0.6) is 5.75 Å². The molecular formula is C26H34O5. The smallest absolute Gasteiger partial charge is 0.303 e. The van der Waals surface area contributed by atoms with E-state index in [4.69, 9.17) is 14.6 Å². The molecule has 5 nitrogen and oxygen atoms in total. The van der Waals surface area contributed by atoms with Crippen LogP contribution in [0.1, 0.15) is 74.5 Å². The third-order valence-corrected chi connectivity index (χ3v) is 8.97. The molecule has 4 aliphatic rings. The highest BCUT2D eigenvalue weighted by Crippen LogP contribution is 2.68. The van der Waals surface area contributed by atoms with Gasteiger partial charge in [0.1, 0.15) is 5.75 Å². The van der Waals surface area contributed by atoms with Crippen molar-refractivity contribution in [2.45, 2.75) is 70.0 Å². The fourth-order valence-corrected chi connectivity index (χ4v) is 7.76. The Hall–Kier alpha value is -1.85. The first-order valence-electron chi connectivity index (χ1n) is 11.9. The van der Waals surface area contributed by atoms with Crippen molar-refractivity contribution in [1.82, 2.24) is 0 Å². The molecule has 5 rings (SSSR count). The molecule has 1 aromatic carbocycles. The van der Waals surface area contributed by atoms with E-state index in [1.54, 1.807) is 6.08 Å². The van der Waals surface area contributed by atoms with Gasteiger partial charge >= 0.3 is 5.97 Å². The van der Waals surface area contributed by atoms with Gasteiger partial charge in [0.15, 0.2) is 5.79 Å². The highest BCUT2D eigenvalue weighted by Gasteiger charge is 2.68. The van der Waals surface area contributed by atoms with Gasteiger partial charge in [-0.05, 0) is 85.5 Å². The molecule has 0 bridgehead atoms. The summed E-state index contributed by atoms with van der Waals surface area (Å²) in [7, 11) is 0. The first-order valence-corrected chi connectivity index (χ1v) is 11.9. The second kappa shape index (κ2) is 7.63. The van der Waals surface area contributed by atoms with Crippen molar-refractivity contribution in [3.63, 3.8) is 0 Å². The predicted octanol–water partition coefficient (Wildman–Crippen LogP) is 5.12. The second-order valence-electron chi connectivity index (χ2n) is 10.3. The number of aliphatic carboxylic acids is 1. The molecule has 0 radical (unpaired) electrons. The summed E-state index contributed by atoms with van der Waals surface area (Å²) in [5.41, 5.74) is 3.44. The molecule has 5 heteroatoms. The Labute approximate surface area is 184 Å². The molecule has 3 fully saturated rings. The molecule has 1 heterocycles. The molecule has 1 aromatic rings. The zero-order chi connectivity index (χ0) is 21.8. The van der Waals surface area contributed by atoms with Crippen LogP contribution in [0.4, 0.5) is 0 Å². The molecule has 31 heavy (non-hydrogen) atoms. The lowest BCUT2D eigenvalue weighted by molar-refractivity contribution is -0.237. The summed E-state index contributed by atoms with van der Waals surface area (Å²) in [6.45, 7) is 7.56. The minimum Gasteiger partial charge on any atom is -0.507 e. The molecule has 1 unspecified atom stereocenters. The Balaban J connectivity index is 1.50. The van der Waals surface area contributed by atoms with Crippen molar-refractivity contribution in [2.75, 3.05) is 13.2 Å². The molecule has 0 aromatic heterocycles. The maximum atomic E-state index is 11.1. The number of ether oxygens (including phenoxy) is 2. The number of fused-ring (bicyclic) bond motifs is 6. The molecule has 1 aliphatic heterocycles. The number of hydrogen-bond acceptors (Lipinski definition) is 4. The highest BCUT2D eigenvalue weighted by atomic mass is 16.7. The van der Waals surface area contributed by atoms with Crippen LogP contribution in [0.2, 0.25) is 0 Å². The zero-order valence-electron chi connectivity index (χ0n) is 18.4. The fourth-order valence-electron chi connectivity index (χ4n) is 7.76. The van der Waals surface area contributed by atoms with Crippen molar-refractivity contribution in [1.29, 1.82) is 0 Å². The molecule has 2 saturated carbocycles. The van der Waals surface area contributed by atoms with E-state index in [0.717, 1.165) is 44.1 Å². The predicted molar refractivity (Wildman–Crippen MR) is 118 cm³/mol. The molecule has 2 N–H and O–H groups in total. The first kappa shape index (κ1) is 21.0. The van der Waals surface area contributed by atoms with Gasteiger partial charge in [0.2, 0.25) is 0 Å². The van der Waals surface area contributed by atoms with E-state index in [9.17, 15) is 9.90 Å². The monoisotopic (exact) mass is 426 g/mol. The zero-order valence-corrected chi connectivity index (χ0v) is 18.4. The maximum absolute atomic E-state index is 11.1. The summed E-state index contributed by atoms with van der Waals surface area (Å²) in [4.78, 5) is 11.1. The molecule has 3 aliphatic carbocycles. The Morgan fingerprint density at radius 1 is 1.29 bits per heavy atom. The maximum Gasteiger partial charge on any atom is 0.303 e. The summed E-state index contributed by atoms with van der Waals surface area (Å²) in [6, 6.07) is 4.10. The van der Waals surface area contributed by atoms with Crippen LogP contribution in [0.25, 0.3) is 6.08 Å². The number of hydrogen-bond donors (Lipinski definition) is 2. The van der Waals surface area contributed by atoms with E-state index >= 15 is 0 Å². The fraction of sp³-hybridized carbons (Fsp3) is 0.654. The van der Waals surface area contributed by atoms with Gasteiger partial charge in [-0.15, -0.1) is 0 Å². The number of carboxylic acid groups (broad SMARTS) is 1. The van der Waals surface area contributed by atoms with Gasteiger partial charge in [-0.3, -0.25) is 4.79 Å². The van der Waals surface area contributed by atoms with Crippen LogP contribution in [0, 0.1) is 23.2 Å². The summed E-state index contributed by atoms with van der Waals surface area (Å²) in [5.74, 6) is 1.01. The van der Waals surface area contributed by atoms with E-state index < -0.39 is 11.8 Å². The van der Waals surface area contributed by atoms with Crippen LogP contribution in [0.15, 0.2) is 18.7 Å². The molecular weight excluding hydrogens is 392 g/mol. The Kier molecular flexibility index (Phi) is 5.17. The lowest BCUT2D eigenvalue weighted by Gasteiger charge is -2.53. The van der Waals surface area contributed by atoms with Gasteiger partial charge < -0.3 is 19.7 Å². The van der Waals surface area contributed by atoms with Crippen molar-refractivity contribution in [3.05, 3.63) is 35.4 Å². The first-order chi connectivity index (χ1) is 14.9. The SMILES string of the molecule is C=Cc1cc2c(cc1O)CC[C@H]1C3[C@@H](CCCC(=O)O)CC4(OCCO4)[C@@]3(C)CC[C@H]21. The third-order valence-electron chi connectivity index (χ3n) is 8.97. The summed E-state index contributed by atoms with van der Waals surface area (Å²) >= 11 is 0. The summed E-state index contributed by atoms with van der Waals surface area (Å²) in [5, 5.41) is 19.5. The van der Waals surface area contributed by atoms with E-state index in [2.05, 4.69) is 19.6 Å². The quantitative estimate of drug-likeness (QED) is 0.684. The summed E-state index contributed by atoms with van der Waals surface area (Å²) < 4.78 is 12.7. The minimum atomic E-state index is -0.714. The Morgan fingerprint density at radius 3 is 2.77 bits per heavy atom. The number of aryl methyl sites for hydroxylation is 1. The van der Waals surface area contributed by atoms with Gasteiger partial charge in [-0.1, -0.05) is 19.6 Å². The molecule has 168 valence electrons. The Morgan fingerprint density at radius 2 is 2.06 bits per heavy atom. The molecule has 1 spiro atoms. The second-order valence-corrected chi connectivity index (χ2v) is 10.3. The lowest BCUT2D eigenvalue weighted by atomic mass is 9.53.